The Hall–Kier alpha value is -4.40. The van der Waals surface area contributed by atoms with Crippen molar-refractivity contribution in [1.82, 2.24) is 10.6 Å². The van der Waals surface area contributed by atoms with Gasteiger partial charge in [-0.25, -0.2) is 4.79 Å². The molecule has 4 atom stereocenters. The Morgan fingerprint density at radius 3 is 2.30 bits per heavy atom. The van der Waals surface area contributed by atoms with Gasteiger partial charge in [0, 0.05) is 18.9 Å². The summed E-state index contributed by atoms with van der Waals surface area (Å²) in [7, 11) is 0. The molecule has 3 rings (SSSR count). The molecule has 3 N–H and O–H groups in total. The van der Waals surface area contributed by atoms with E-state index in [0.29, 0.717) is 5.56 Å². The summed E-state index contributed by atoms with van der Waals surface area (Å²) in [6, 6.07) is 14.5. The average molecular weight is 591 g/mol. The Balaban J connectivity index is 1.95. The molecule has 0 saturated carbocycles. The number of amides is 2. The van der Waals surface area contributed by atoms with Gasteiger partial charge >= 0.3 is 11.9 Å². The third-order valence-corrected chi connectivity index (χ3v) is 7.11. The standard InChI is InChI=1S/C34H42N2O7/c1-22(2)20-28-32(40)42-27(23(3)14-15-24-10-7-6-8-11-24)12-9-13-29(38)36-30(25-16-18-26(37)19-17-25)31(39)35-21-34(4,5)33(41)43-28/h6-11,13-19,22-23,27-28,30,37H,12,20-21H2,1-5H3,(H,35,39)(H,36,38)/b13-9+,15-14+/t23-,27+,28+,30-/m1/s1. The summed E-state index contributed by atoms with van der Waals surface area (Å²) in [5.41, 5.74) is 0.231. The third kappa shape index (κ3) is 10.1. The van der Waals surface area contributed by atoms with E-state index in [1.54, 1.807) is 19.9 Å². The average Bonchev–Trinajstić information content (AvgIpc) is 2.97. The predicted molar refractivity (Wildman–Crippen MR) is 163 cm³/mol. The van der Waals surface area contributed by atoms with Crippen LogP contribution in [-0.2, 0) is 28.7 Å². The van der Waals surface area contributed by atoms with Crippen LogP contribution in [0, 0.1) is 17.3 Å². The van der Waals surface area contributed by atoms with Gasteiger partial charge in [0.05, 0.1) is 5.41 Å². The molecule has 2 amide bonds. The molecule has 1 aliphatic rings. The van der Waals surface area contributed by atoms with E-state index in [1.807, 2.05) is 63.3 Å². The molecule has 43 heavy (non-hydrogen) atoms. The van der Waals surface area contributed by atoms with Crippen LogP contribution in [0.4, 0.5) is 0 Å². The molecule has 9 nitrogen and oxygen atoms in total. The number of carbonyl (C=O) groups excluding carboxylic acids is 4. The number of ether oxygens (including phenoxy) is 2. The second-order valence-corrected chi connectivity index (χ2v) is 11.9. The lowest BCUT2D eigenvalue weighted by Crippen LogP contribution is -2.46. The summed E-state index contributed by atoms with van der Waals surface area (Å²) in [4.78, 5) is 52.9. The minimum absolute atomic E-state index is 0.0134. The Morgan fingerprint density at radius 1 is 0.977 bits per heavy atom. The number of phenols is 1. The van der Waals surface area contributed by atoms with Crippen molar-refractivity contribution in [2.24, 2.45) is 17.3 Å². The Morgan fingerprint density at radius 2 is 1.65 bits per heavy atom. The second-order valence-electron chi connectivity index (χ2n) is 11.9. The Labute approximate surface area is 253 Å². The first kappa shape index (κ1) is 33.1. The van der Waals surface area contributed by atoms with Crippen LogP contribution in [0.15, 0.2) is 72.8 Å². The van der Waals surface area contributed by atoms with Crippen LogP contribution in [-0.4, -0.2) is 47.6 Å². The van der Waals surface area contributed by atoms with Crippen LogP contribution in [0.5, 0.6) is 5.75 Å². The van der Waals surface area contributed by atoms with E-state index in [0.717, 1.165) is 5.56 Å². The number of phenolic OH excluding ortho intramolecular Hbond substituents is 1. The molecule has 9 heteroatoms. The maximum atomic E-state index is 13.4. The molecule has 1 aliphatic heterocycles. The van der Waals surface area contributed by atoms with E-state index >= 15 is 0 Å². The molecule has 0 bridgehead atoms. The molecule has 0 saturated heterocycles. The SMILES string of the molecule is CC(C)C[C@@H]1OC(=O)C(C)(C)CNC(=O)[C@@H](c2ccc(O)cc2)NC(=O)/C=C/C[C@@H]([C@H](C)/C=C/c2ccccc2)OC1=O. The Bertz CT molecular complexity index is 1320. The van der Waals surface area contributed by atoms with Gasteiger partial charge in [-0.2, -0.15) is 0 Å². The number of carbonyl (C=O) groups is 4. The van der Waals surface area contributed by atoms with Gasteiger partial charge < -0.3 is 25.2 Å². The van der Waals surface area contributed by atoms with E-state index < -0.39 is 47.4 Å². The highest BCUT2D eigenvalue weighted by Crippen LogP contribution is 2.24. The van der Waals surface area contributed by atoms with Crippen molar-refractivity contribution in [3.05, 3.63) is 84.0 Å². The molecular formula is C34H42N2O7. The molecule has 0 spiro atoms. The molecular weight excluding hydrogens is 548 g/mol. The van der Waals surface area contributed by atoms with Crippen LogP contribution in [0.3, 0.4) is 0 Å². The number of rotatable bonds is 6. The molecule has 2 aromatic rings. The van der Waals surface area contributed by atoms with Crippen LogP contribution < -0.4 is 10.6 Å². The molecule has 0 fully saturated rings. The van der Waals surface area contributed by atoms with Crippen molar-refractivity contribution in [2.45, 2.75) is 65.7 Å². The van der Waals surface area contributed by atoms with Crippen LogP contribution in [0.1, 0.15) is 64.6 Å². The zero-order valence-electron chi connectivity index (χ0n) is 25.4. The highest BCUT2D eigenvalue weighted by Gasteiger charge is 2.37. The van der Waals surface area contributed by atoms with E-state index in [2.05, 4.69) is 10.6 Å². The molecule has 0 aromatic heterocycles. The molecule has 1 heterocycles. The normalized spacial score (nSPS) is 23.6. The maximum Gasteiger partial charge on any atom is 0.347 e. The second kappa shape index (κ2) is 15.2. The number of hydrogen-bond donors (Lipinski definition) is 3. The fourth-order valence-electron chi connectivity index (χ4n) is 4.40. The number of cyclic esters (lactones) is 2. The quantitative estimate of drug-likeness (QED) is 0.409. The summed E-state index contributed by atoms with van der Waals surface area (Å²) in [5, 5.41) is 15.1. The van der Waals surface area contributed by atoms with E-state index in [-0.39, 0.29) is 37.0 Å². The van der Waals surface area contributed by atoms with Crippen molar-refractivity contribution < 1.29 is 33.8 Å². The van der Waals surface area contributed by atoms with Gasteiger partial charge in [0.15, 0.2) is 6.10 Å². The van der Waals surface area contributed by atoms with Gasteiger partial charge in [0.2, 0.25) is 11.8 Å². The first-order chi connectivity index (χ1) is 20.4. The first-order valence-corrected chi connectivity index (χ1v) is 14.5. The highest BCUT2D eigenvalue weighted by atomic mass is 16.6. The molecule has 2 aromatic carbocycles. The monoisotopic (exact) mass is 590 g/mol. The van der Waals surface area contributed by atoms with Gasteiger partial charge in [-0.3, -0.25) is 14.4 Å². The topological polar surface area (TPSA) is 131 Å². The molecule has 0 unspecified atom stereocenters. The number of benzene rings is 2. The van der Waals surface area contributed by atoms with Gasteiger partial charge in [-0.15, -0.1) is 0 Å². The summed E-state index contributed by atoms with van der Waals surface area (Å²) in [6.07, 6.45) is 5.40. The van der Waals surface area contributed by atoms with Crippen LogP contribution >= 0.6 is 0 Å². The van der Waals surface area contributed by atoms with Crippen molar-refractivity contribution >= 4 is 29.8 Å². The van der Waals surface area contributed by atoms with Crippen molar-refractivity contribution in [1.29, 1.82) is 0 Å². The number of aromatic hydroxyl groups is 1. The molecule has 0 aliphatic carbocycles. The minimum Gasteiger partial charge on any atom is -0.508 e. The predicted octanol–water partition coefficient (Wildman–Crippen LogP) is 4.87. The third-order valence-electron chi connectivity index (χ3n) is 7.11. The van der Waals surface area contributed by atoms with Gasteiger partial charge in [0.25, 0.3) is 0 Å². The van der Waals surface area contributed by atoms with Crippen molar-refractivity contribution in [2.75, 3.05) is 6.54 Å². The summed E-state index contributed by atoms with van der Waals surface area (Å²) < 4.78 is 11.7. The summed E-state index contributed by atoms with van der Waals surface area (Å²) in [5.74, 6) is -2.62. The number of nitrogens with one attached hydrogen (secondary N) is 2. The maximum absolute atomic E-state index is 13.4. The highest BCUT2D eigenvalue weighted by molar-refractivity contribution is 5.93. The Kier molecular flexibility index (Phi) is 11.7. The van der Waals surface area contributed by atoms with E-state index in [9.17, 15) is 24.3 Å². The summed E-state index contributed by atoms with van der Waals surface area (Å²) in [6.45, 7) is 8.83. The number of hydrogen-bond acceptors (Lipinski definition) is 7. The smallest absolute Gasteiger partial charge is 0.347 e. The lowest BCUT2D eigenvalue weighted by atomic mass is 9.93. The molecule has 0 radical (unpaired) electrons. The number of esters is 2. The van der Waals surface area contributed by atoms with Gasteiger partial charge in [-0.1, -0.05) is 81.5 Å². The molecule has 230 valence electrons. The van der Waals surface area contributed by atoms with Crippen LogP contribution in [0.2, 0.25) is 0 Å². The zero-order chi connectivity index (χ0) is 31.6. The van der Waals surface area contributed by atoms with Crippen molar-refractivity contribution in [3.63, 3.8) is 0 Å². The summed E-state index contributed by atoms with van der Waals surface area (Å²) >= 11 is 0. The minimum atomic E-state index is -1.20. The van der Waals surface area contributed by atoms with Crippen molar-refractivity contribution in [3.8, 4) is 5.75 Å². The van der Waals surface area contributed by atoms with Crippen LogP contribution in [0.25, 0.3) is 6.08 Å². The zero-order valence-corrected chi connectivity index (χ0v) is 25.4. The lowest BCUT2D eigenvalue weighted by molar-refractivity contribution is -0.178. The fraction of sp³-hybridized carbons (Fsp3) is 0.412. The first-order valence-electron chi connectivity index (χ1n) is 14.5. The van der Waals surface area contributed by atoms with Gasteiger partial charge in [0.1, 0.15) is 17.9 Å². The van der Waals surface area contributed by atoms with E-state index in [4.69, 9.17) is 9.47 Å². The fourth-order valence-corrected chi connectivity index (χ4v) is 4.40. The van der Waals surface area contributed by atoms with Gasteiger partial charge in [-0.05, 0) is 55.5 Å². The largest absolute Gasteiger partial charge is 0.508 e. The lowest BCUT2D eigenvalue weighted by Gasteiger charge is -2.29. The van der Waals surface area contributed by atoms with E-state index in [1.165, 1.54) is 30.3 Å².